The third-order valence-corrected chi connectivity index (χ3v) is 9.03. The van der Waals surface area contributed by atoms with Crippen molar-refractivity contribution >= 4 is 70.9 Å². The van der Waals surface area contributed by atoms with Gasteiger partial charge in [-0.1, -0.05) is 45.9 Å². The number of benzene rings is 1. The third-order valence-electron chi connectivity index (χ3n) is 8.66. The van der Waals surface area contributed by atoms with E-state index >= 15 is 0 Å². The molecule has 0 radical (unpaired) electrons. The number of fused-ring (bicyclic) bond motifs is 1. The first kappa shape index (κ1) is 46.9. The van der Waals surface area contributed by atoms with Crippen LogP contribution < -0.4 is 37.6 Å². The first-order chi connectivity index (χ1) is 26.3. The van der Waals surface area contributed by atoms with Crippen LogP contribution in [0.5, 0.6) is 0 Å². The van der Waals surface area contributed by atoms with Crippen molar-refractivity contribution in [2.75, 3.05) is 12.3 Å². The summed E-state index contributed by atoms with van der Waals surface area (Å²) in [5.74, 6) is -8.60. The molecule has 1 aromatic heterocycles. The molecule has 6 amide bonds. The Morgan fingerprint density at radius 2 is 1.29 bits per heavy atom. The lowest BCUT2D eigenvalue weighted by molar-refractivity contribution is -0.145. The fourth-order valence-electron chi connectivity index (χ4n) is 5.65. The molecule has 1 heterocycles. The number of aromatic nitrogens is 1. The number of carbonyl (C=O) groups excluding carboxylic acids is 6. The van der Waals surface area contributed by atoms with Crippen LogP contribution in [0.3, 0.4) is 0 Å². The second kappa shape index (κ2) is 22.4. The minimum atomic E-state index is -1.68. The number of hydrogen-bond donors (Lipinski definition) is 12. The van der Waals surface area contributed by atoms with Gasteiger partial charge in [-0.3, -0.25) is 33.6 Å². The van der Waals surface area contributed by atoms with Crippen LogP contribution in [0.1, 0.15) is 59.4 Å². The molecule has 1 aromatic carbocycles. The lowest BCUT2D eigenvalue weighted by Gasteiger charge is -2.29. The highest BCUT2D eigenvalue weighted by Crippen LogP contribution is 2.20. The fourth-order valence-corrected chi connectivity index (χ4v) is 5.91. The Balaban J connectivity index is 2.39. The van der Waals surface area contributed by atoms with Crippen LogP contribution in [0.2, 0.25) is 0 Å². The maximum atomic E-state index is 14.0. The SMILES string of the molecule is CC(C)C[C@H](NC(=O)[C@H](CCC(=O)O)NC(=O)CN)C(=O)N[C@H](C(=O)N[C@@H](Cc1c[nH]c2ccccc12)C(=O)N[C@@H](CS)C(=O)N[C@H](C(=O)O)[C@@H](C)O)C(C)C. The normalized spacial score (nSPS) is 15.0. The van der Waals surface area contributed by atoms with Crippen molar-refractivity contribution in [3.8, 4) is 0 Å². The van der Waals surface area contributed by atoms with Crippen molar-refractivity contribution < 1.29 is 53.7 Å². The summed E-state index contributed by atoms with van der Waals surface area (Å²) >= 11 is 4.14. The number of carbonyl (C=O) groups is 8. The van der Waals surface area contributed by atoms with Crippen LogP contribution in [0.4, 0.5) is 0 Å². The number of hydrogen-bond acceptors (Lipinski definition) is 11. The van der Waals surface area contributed by atoms with E-state index < -0.39 is 109 Å². The van der Waals surface area contributed by atoms with E-state index in [1.807, 2.05) is 6.07 Å². The summed E-state index contributed by atoms with van der Waals surface area (Å²) in [6, 6.07) is -1.02. The topological polar surface area (TPSA) is 311 Å². The number of aliphatic hydroxyl groups excluding tert-OH is 1. The Labute approximate surface area is 329 Å². The molecule has 0 saturated carbocycles. The molecular weight excluding hydrogens is 753 g/mol. The molecular formula is C36H54N8O11S. The fraction of sp³-hybridized carbons (Fsp3) is 0.556. The monoisotopic (exact) mass is 806 g/mol. The van der Waals surface area contributed by atoms with Crippen molar-refractivity contribution in [3.05, 3.63) is 36.0 Å². The zero-order valence-electron chi connectivity index (χ0n) is 32.0. The zero-order valence-corrected chi connectivity index (χ0v) is 32.9. The maximum absolute atomic E-state index is 14.0. The van der Waals surface area contributed by atoms with Crippen LogP contribution in [-0.2, 0) is 44.8 Å². The Bertz CT molecular complexity index is 1720. The molecule has 0 spiro atoms. The van der Waals surface area contributed by atoms with Gasteiger partial charge in [-0.2, -0.15) is 12.6 Å². The van der Waals surface area contributed by atoms with Crippen LogP contribution in [0.25, 0.3) is 10.9 Å². The number of thiol groups is 1. The van der Waals surface area contributed by atoms with Gasteiger partial charge in [0.15, 0.2) is 6.04 Å². The molecule has 12 N–H and O–H groups in total. The molecule has 7 atom stereocenters. The lowest BCUT2D eigenvalue weighted by atomic mass is 9.98. The molecule has 0 aliphatic heterocycles. The Kier molecular flexibility index (Phi) is 18.8. The van der Waals surface area contributed by atoms with E-state index in [2.05, 4.69) is 49.5 Å². The predicted molar refractivity (Wildman–Crippen MR) is 207 cm³/mol. The highest BCUT2D eigenvalue weighted by molar-refractivity contribution is 7.80. The Morgan fingerprint density at radius 1 is 0.732 bits per heavy atom. The van der Waals surface area contributed by atoms with Crippen molar-refractivity contribution in [2.45, 2.75) is 103 Å². The standard InChI is InChI=1S/C36H54N8O11S/c1-17(2)12-24(40-31(49)23(10-11-28(47)48)39-27(46)14-37)33(51)43-29(18(3)4)35(53)41-25(13-20-15-38-22-9-7-6-8-21(20)22)32(50)42-26(16-56)34(52)44-30(19(5)45)36(54)55/h6-9,15,17-19,23-26,29-30,38,45,56H,10-14,16,37H2,1-5H3,(H,39,46)(H,40,49)(H,41,53)(H,42,50)(H,43,51)(H,44,52)(H,47,48)(H,54,55)/t19-,23+,24+,25+,26+,29+,30+/m1/s1. The van der Waals surface area contributed by atoms with Crippen LogP contribution in [0.15, 0.2) is 30.5 Å². The number of H-pyrrole nitrogens is 1. The predicted octanol–water partition coefficient (Wildman–Crippen LogP) is -1.46. The summed E-state index contributed by atoms with van der Waals surface area (Å²) in [6.07, 6.45) is -0.552. The smallest absolute Gasteiger partial charge is 0.328 e. The van der Waals surface area contributed by atoms with Crippen LogP contribution in [-0.4, -0.2) is 122 Å². The molecule has 310 valence electrons. The van der Waals surface area contributed by atoms with E-state index in [1.165, 1.54) is 6.92 Å². The van der Waals surface area contributed by atoms with Gasteiger partial charge in [0.1, 0.15) is 30.2 Å². The van der Waals surface area contributed by atoms with Crippen molar-refractivity contribution in [1.82, 2.24) is 36.9 Å². The van der Waals surface area contributed by atoms with Gasteiger partial charge in [-0.05, 0) is 43.2 Å². The number of aromatic amines is 1. The molecule has 19 nitrogen and oxygen atoms in total. The number of carboxylic acid groups (broad SMARTS) is 2. The highest BCUT2D eigenvalue weighted by Gasteiger charge is 2.35. The number of nitrogens with one attached hydrogen (secondary N) is 7. The molecule has 2 aromatic rings. The van der Waals surface area contributed by atoms with Gasteiger partial charge in [0.2, 0.25) is 35.4 Å². The largest absolute Gasteiger partial charge is 0.481 e. The summed E-state index contributed by atoms with van der Waals surface area (Å²) in [6.45, 7) is 7.56. The van der Waals surface area contributed by atoms with Crippen molar-refractivity contribution in [1.29, 1.82) is 0 Å². The number of aliphatic hydroxyl groups is 1. The van der Waals surface area contributed by atoms with Gasteiger partial charge in [0, 0.05) is 35.7 Å². The summed E-state index contributed by atoms with van der Waals surface area (Å²) in [4.78, 5) is 106. The van der Waals surface area contributed by atoms with Gasteiger partial charge in [-0.15, -0.1) is 0 Å². The number of para-hydroxylation sites is 1. The molecule has 2 rings (SSSR count). The summed E-state index contributed by atoms with van der Waals surface area (Å²) in [7, 11) is 0. The first-order valence-electron chi connectivity index (χ1n) is 18.1. The van der Waals surface area contributed by atoms with E-state index in [0.29, 0.717) is 5.56 Å². The van der Waals surface area contributed by atoms with Gasteiger partial charge >= 0.3 is 11.9 Å². The molecule has 0 bridgehead atoms. The second-order valence-electron chi connectivity index (χ2n) is 14.1. The molecule has 0 aliphatic carbocycles. The number of amides is 6. The molecule has 0 unspecified atom stereocenters. The van der Waals surface area contributed by atoms with Gasteiger partial charge in [-0.25, -0.2) is 4.79 Å². The molecule has 0 saturated heterocycles. The molecule has 20 heteroatoms. The minimum Gasteiger partial charge on any atom is -0.481 e. The molecule has 56 heavy (non-hydrogen) atoms. The van der Waals surface area contributed by atoms with Gasteiger partial charge in [0.25, 0.3) is 0 Å². The molecule has 0 fully saturated rings. The minimum absolute atomic E-state index is 0.0923. The van der Waals surface area contributed by atoms with E-state index in [-0.39, 0.29) is 30.9 Å². The van der Waals surface area contributed by atoms with Gasteiger partial charge in [0.05, 0.1) is 12.6 Å². The second-order valence-corrected chi connectivity index (χ2v) is 14.5. The van der Waals surface area contributed by atoms with E-state index in [4.69, 9.17) is 10.8 Å². The van der Waals surface area contributed by atoms with E-state index in [0.717, 1.165) is 10.9 Å². The van der Waals surface area contributed by atoms with Gasteiger partial charge < -0.3 is 57.9 Å². The number of carboxylic acids is 2. The Hall–Kier alpha value is -5.21. The maximum Gasteiger partial charge on any atom is 0.328 e. The van der Waals surface area contributed by atoms with Crippen molar-refractivity contribution in [2.24, 2.45) is 17.6 Å². The number of rotatable bonds is 23. The zero-order chi connectivity index (χ0) is 42.3. The summed E-state index contributed by atoms with van der Waals surface area (Å²) in [5.41, 5.74) is 6.73. The third kappa shape index (κ3) is 14.5. The van der Waals surface area contributed by atoms with E-state index in [1.54, 1.807) is 52.1 Å². The number of nitrogens with two attached hydrogens (primary N) is 1. The Morgan fingerprint density at radius 3 is 1.84 bits per heavy atom. The molecule has 0 aliphatic rings. The highest BCUT2D eigenvalue weighted by atomic mass is 32.1. The summed E-state index contributed by atoms with van der Waals surface area (Å²) < 4.78 is 0. The number of aliphatic carboxylic acids is 2. The summed E-state index contributed by atoms with van der Waals surface area (Å²) in [5, 5.41) is 44.0. The quantitative estimate of drug-likeness (QED) is 0.0574. The van der Waals surface area contributed by atoms with Crippen LogP contribution >= 0.6 is 12.6 Å². The van der Waals surface area contributed by atoms with Crippen molar-refractivity contribution in [3.63, 3.8) is 0 Å². The lowest BCUT2D eigenvalue weighted by Crippen LogP contribution is -2.61. The van der Waals surface area contributed by atoms with E-state index in [9.17, 15) is 48.6 Å². The average molecular weight is 807 g/mol. The average Bonchev–Trinajstić information content (AvgIpc) is 3.54. The first-order valence-corrected chi connectivity index (χ1v) is 18.7. The van der Waals surface area contributed by atoms with Crippen LogP contribution in [0, 0.1) is 11.8 Å².